The lowest BCUT2D eigenvalue weighted by molar-refractivity contribution is -0.530. The zero-order valence-corrected chi connectivity index (χ0v) is 44.5. The van der Waals surface area contributed by atoms with Gasteiger partial charge in [-0.05, 0) is 142 Å². The molecule has 3 heterocycles. The van der Waals surface area contributed by atoms with Gasteiger partial charge < -0.3 is 44.7 Å². The fourth-order valence-electron chi connectivity index (χ4n) is 9.60. The van der Waals surface area contributed by atoms with Crippen LogP contribution in [0.3, 0.4) is 0 Å². The number of aromatic hydroxyl groups is 3. The Bertz CT molecular complexity index is 2900. The Morgan fingerprint density at radius 2 is 1.26 bits per heavy atom. The molecule has 0 saturated carbocycles. The minimum atomic E-state index is -1.34. The van der Waals surface area contributed by atoms with E-state index in [9.17, 15) is 39.6 Å². The van der Waals surface area contributed by atoms with Gasteiger partial charge in [-0.3, -0.25) is 9.59 Å². The Kier molecular flexibility index (Phi) is 14.0. The van der Waals surface area contributed by atoms with E-state index in [0.717, 1.165) is 22.3 Å². The number of ketones is 1. The third-order valence-electron chi connectivity index (χ3n) is 15.3. The molecule has 0 bridgehead atoms. The first-order valence-electron chi connectivity index (χ1n) is 24.7. The van der Waals surface area contributed by atoms with Crippen LogP contribution in [0.5, 0.6) is 28.9 Å². The van der Waals surface area contributed by atoms with Crippen molar-refractivity contribution in [1.29, 1.82) is 0 Å². The van der Waals surface area contributed by atoms with E-state index in [1.807, 2.05) is 55.4 Å². The number of fused-ring (bicyclic) bond motifs is 2. The number of Topliss-reactive ketones (excluding diaryl/α,β-unsaturated/α-hetero) is 1. The number of carbonyl (C=O) groups excluding carboxylic acids is 4. The molecule has 2 unspecified atom stereocenters. The third-order valence-corrected chi connectivity index (χ3v) is 15.3. The maximum absolute atomic E-state index is 14.1. The summed E-state index contributed by atoms with van der Waals surface area (Å²) >= 11 is 0. The maximum Gasteiger partial charge on any atom is 0.350 e. The van der Waals surface area contributed by atoms with E-state index in [4.69, 9.17) is 18.9 Å². The van der Waals surface area contributed by atoms with Gasteiger partial charge in [-0.1, -0.05) is 26.5 Å². The highest BCUT2D eigenvalue weighted by molar-refractivity contribution is 6.40. The van der Waals surface area contributed by atoms with Gasteiger partial charge in [0.15, 0.2) is 18.9 Å². The number of allylic oxidation sites excluding steroid dienone is 5. The number of phenolic OH excluding ortho intramolecular Hbond substituents is 2. The molecule has 16 nitrogen and oxygen atoms in total. The quantitative estimate of drug-likeness (QED) is 0.0819. The number of ether oxygens (including phenoxy) is 4. The fourth-order valence-corrected chi connectivity index (χ4v) is 9.60. The van der Waals surface area contributed by atoms with Crippen LogP contribution in [0.1, 0.15) is 130 Å². The second-order valence-corrected chi connectivity index (χ2v) is 21.7. The third kappa shape index (κ3) is 9.17. The largest absolute Gasteiger partial charge is 0.871 e. The predicted octanol–water partition coefficient (Wildman–Crippen LogP) is 6.98. The van der Waals surface area contributed by atoms with Crippen LogP contribution in [0.15, 0.2) is 40.8 Å². The smallest absolute Gasteiger partial charge is 0.350 e. The van der Waals surface area contributed by atoms with Crippen molar-refractivity contribution in [2.45, 2.75) is 153 Å². The number of benzene rings is 2. The molecule has 1 aromatic heterocycles. The van der Waals surface area contributed by atoms with Crippen LogP contribution in [0.4, 0.5) is 0 Å². The zero-order valence-electron chi connectivity index (χ0n) is 44.5. The van der Waals surface area contributed by atoms with Gasteiger partial charge in [0, 0.05) is 58.3 Å². The van der Waals surface area contributed by atoms with Gasteiger partial charge in [0.2, 0.25) is 28.7 Å². The fraction of sp³-hybridized carbons (Fsp3) is 0.500. The van der Waals surface area contributed by atoms with Crippen molar-refractivity contribution in [3.8, 4) is 28.9 Å². The van der Waals surface area contributed by atoms with Crippen molar-refractivity contribution in [2.75, 3.05) is 26.3 Å². The summed E-state index contributed by atoms with van der Waals surface area (Å²) < 4.78 is 27.9. The molecule has 72 heavy (non-hydrogen) atoms. The molecule has 0 fully saturated rings. The van der Waals surface area contributed by atoms with Gasteiger partial charge in [0.25, 0.3) is 0 Å². The second-order valence-electron chi connectivity index (χ2n) is 21.7. The van der Waals surface area contributed by atoms with Crippen LogP contribution >= 0.6 is 0 Å². The predicted molar refractivity (Wildman–Crippen MR) is 268 cm³/mol. The van der Waals surface area contributed by atoms with Crippen LogP contribution < -0.4 is 19.9 Å². The van der Waals surface area contributed by atoms with Gasteiger partial charge in [-0.2, -0.15) is 5.10 Å². The van der Waals surface area contributed by atoms with Gasteiger partial charge >= 0.3 is 11.9 Å². The lowest BCUT2D eigenvalue weighted by Crippen LogP contribution is -2.47. The highest BCUT2D eigenvalue weighted by Gasteiger charge is 2.45. The van der Waals surface area contributed by atoms with Crippen LogP contribution in [0.2, 0.25) is 0 Å². The monoisotopic (exact) mass is 990 g/mol. The summed E-state index contributed by atoms with van der Waals surface area (Å²) in [6.45, 7) is 26.7. The van der Waals surface area contributed by atoms with Crippen molar-refractivity contribution in [3.05, 3.63) is 96.6 Å². The number of aryl methyl sites for hydroxylation is 1. The van der Waals surface area contributed by atoms with E-state index in [0.29, 0.717) is 77.3 Å². The van der Waals surface area contributed by atoms with Crippen molar-refractivity contribution in [3.63, 3.8) is 0 Å². The average molecular weight is 991 g/mol. The minimum Gasteiger partial charge on any atom is -0.871 e. The topological polar surface area (TPSA) is 222 Å². The van der Waals surface area contributed by atoms with Gasteiger partial charge in [-0.25, -0.2) is 18.8 Å². The number of phenols is 2. The van der Waals surface area contributed by atoms with E-state index in [-0.39, 0.29) is 77.6 Å². The molecule has 2 atom stereocenters. The standard InChI is InChI=1S/C56H70N4O12/c1-16-54(12,13)50(66)57-39-27-35(17-18-38(39)41-45(63)42(46(41)64)40-34(8)58-60(49(40)65)53(9,10)11)59(23-25-69-51(67)55(14)21-19-36-32(6)43(61)28(2)30(4)47(36)71-55)24-26-70-52(68)56(15)22-20-37-33(7)44(62)29(3)31(5)48(37)72-56/h17-18,27H,16,19-26H2,1-15H3,(H4,57,58,61,62,63,64,65,66). The van der Waals surface area contributed by atoms with Crippen molar-refractivity contribution in [1.82, 2.24) is 15.1 Å². The summed E-state index contributed by atoms with van der Waals surface area (Å²) in [5.74, 6) is -1.57. The molecular weight excluding hydrogens is 921 g/mol. The van der Waals surface area contributed by atoms with E-state index >= 15 is 0 Å². The number of aromatic nitrogens is 2. The average Bonchev–Trinajstić information content (AvgIpc) is 3.63. The molecule has 0 spiro atoms. The van der Waals surface area contributed by atoms with Gasteiger partial charge in [-0.15, -0.1) is 0 Å². The van der Waals surface area contributed by atoms with Crippen LogP contribution in [-0.4, -0.2) is 96.5 Å². The lowest BCUT2D eigenvalue weighted by Gasteiger charge is -2.36. The van der Waals surface area contributed by atoms with E-state index < -0.39 is 45.6 Å². The number of hydrogen-bond donors (Lipinski definition) is 4. The Hall–Kier alpha value is -6.84. The summed E-state index contributed by atoms with van der Waals surface area (Å²) in [7, 11) is 0. The van der Waals surface area contributed by atoms with Crippen LogP contribution in [0.25, 0.3) is 5.57 Å². The Balaban J connectivity index is 1.22. The van der Waals surface area contributed by atoms with E-state index in [1.165, 1.54) is 4.68 Å². The maximum atomic E-state index is 14.1. The number of amides is 1. The van der Waals surface area contributed by atoms with Crippen molar-refractivity contribution < 1.29 is 63.1 Å². The normalized spacial score (nSPS) is 20.7. The molecule has 2 aliphatic heterocycles. The Labute approximate surface area is 421 Å². The molecule has 386 valence electrons. The number of rotatable bonds is 12. The molecule has 4 N–H and O–H groups in total. The van der Waals surface area contributed by atoms with Crippen LogP contribution in [0, 0.1) is 53.9 Å². The molecule has 16 heteroatoms. The van der Waals surface area contributed by atoms with Gasteiger partial charge in [0.05, 0.1) is 22.5 Å². The molecule has 0 saturated heterocycles. The molecule has 3 aromatic rings. The second kappa shape index (κ2) is 19.0. The summed E-state index contributed by atoms with van der Waals surface area (Å²) in [5, 5.41) is 54.2. The van der Waals surface area contributed by atoms with Crippen LogP contribution in [-0.2, 0) is 47.0 Å². The number of esters is 2. The Morgan fingerprint density at radius 1 is 0.778 bits per heavy atom. The van der Waals surface area contributed by atoms with Gasteiger partial charge in [0.1, 0.15) is 36.2 Å². The minimum absolute atomic E-state index is 0.0565. The molecule has 1 amide bonds. The number of nitrogens with one attached hydrogen (secondary N) is 1. The van der Waals surface area contributed by atoms with E-state index in [1.54, 1.807) is 71.3 Å². The summed E-state index contributed by atoms with van der Waals surface area (Å²) in [6, 6.07) is 0. The molecule has 7 rings (SSSR count). The van der Waals surface area contributed by atoms with Crippen molar-refractivity contribution >= 4 is 34.9 Å². The summed E-state index contributed by atoms with van der Waals surface area (Å²) in [4.78, 5) is 56.0. The first-order valence-corrected chi connectivity index (χ1v) is 24.7. The first kappa shape index (κ1) is 53.0. The molecule has 4 aliphatic rings. The highest BCUT2D eigenvalue weighted by Crippen LogP contribution is 2.47. The summed E-state index contributed by atoms with van der Waals surface area (Å²) in [6.07, 6.45) is 6.91. The molecule has 2 aliphatic carbocycles. The summed E-state index contributed by atoms with van der Waals surface area (Å²) in [5.41, 5.74) is 2.55. The highest BCUT2D eigenvalue weighted by atomic mass is 16.6. The lowest BCUT2D eigenvalue weighted by atomic mass is 9.79. The zero-order chi connectivity index (χ0) is 53.3. The first-order chi connectivity index (χ1) is 33.5. The Morgan fingerprint density at radius 3 is 1.69 bits per heavy atom. The number of hydrogen-bond acceptors (Lipinski definition) is 13. The molecule has 2 aromatic carbocycles. The van der Waals surface area contributed by atoms with Crippen molar-refractivity contribution in [2.24, 2.45) is 5.41 Å². The van der Waals surface area contributed by atoms with E-state index in [2.05, 4.69) is 10.4 Å². The molecular formula is C56H70N4O12. The SMILES string of the molecule is CCC(C)(C)C(=O)NC1=CC(=[N+](CCOC(=O)C2(C)CCc3c(C)c(O)c(C)c(C)c3O2)CCOC(=O)C2(C)CCc3c(C)c(O)c(C)c(C)c3O2)C=C/C1=C1\C(=O)C(c2c(C)nn(C(C)(C)C)c2O)=C1[O-]. The number of nitrogens with zero attached hydrogens (tertiary/aromatic N) is 3. The molecule has 0 radical (unpaired) electrons. The number of carbonyl (C=O) groups is 4.